The minimum atomic E-state index is -4.49. The molecule has 0 saturated heterocycles. The molecule has 1 heterocycles. The molecule has 0 aromatic heterocycles. The standard InChI is InChI=1S/C12H18F3N3O3/c1-2-21-7-3-6-18(8-12(13,14)15)11(20)9-4-5-10(19)17-16-9/h2-8H2,1H3,(H,17,19). The van der Waals surface area contributed by atoms with Gasteiger partial charge in [-0.25, -0.2) is 5.43 Å². The first-order valence-electron chi connectivity index (χ1n) is 6.62. The number of carbonyl (C=O) groups excluding carboxylic acids is 2. The number of alkyl halides is 3. The van der Waals surface area contributed by atoms with Gasteiger partial charge in [-0.15, -0.1) is 0 Å². The lowest BCUT2D eigenvalue weighted by molar-refractivity contribution is -0.157. The van der Waals surface area contributed by atoms with E-state index in [0.29, 0.717) is 17.9 Å². The van der Waals surface area contributed by atoms with Gasteiger partial charge >= 0.3 is 6.18 Å². The molecule has 1 N–H and O–H groups in total. The molecule has 0 fully saturated rings. The molecule has 0 aromatic carbocycles. The van der Waals surface area contributed by atoms with E-state index in [0.717, 1.165) is 0 Å². The van der Waals surface area contributed by atoms with E-state index in [1.165, 1.54) is 0 Å². The van der Waals surface area contributed by atoms with Crippen LogP contribution < -0.4 is 5.43 Å². The van der Waals surface area contributed by atoms with Gasteiger partial charge in [0.25, 0.3) is 5.91 Å². The van der Waals surface area contributed by atoms with Gasteiger partial charge in [-0.05, 0) is 13.3 Å². The number of ether oxygens (including phenoxy) is 1. The molecule has 1 rings (SSSR count). The van der Waals surface area contributed by atoms with Gasteiger partial charge in [-0.1, -0.05) is 0 Å². The summed E-state index contributed by atoms with van der Waals surface area (Å²) < 4.78 is 42.7. The third kappa shape index (κ3) is 6.56. The van der Waals surface area contributed by atoms with E-state index < -0.39 is 18.6 Å². The Morgan fingerprint density at radius 2 is 2.14 bits per heavy atom. The Hall–Kier alpha value is -1.64. The Morgan fingerprint density at radius 3 is 2.67 bits per heavy atom. The zero-order valence-corrected chi connectivity index (χ0v) is 11.7. The van der Waals surface area contributed by atoms with Crippen LogP contribution in [0.15, 0.2) is 5.10 Å². The summed E-state index contributed by atoms with van der Waals surface area (Å²) in [5.41, 5.74) is 2.04. The predicted octanol–water partition coefficient (Wildman–Crippen LogP) is 1.07. The summed E-state index contributed by atoms with van der Waals surface area (Å²) in [5.74, 6) is -1.16. The minimum absolute atomic E-state index is 0.0450. The number of nitrogens with zero attached hydrogens (tertiary/aromatic N) is 2. The first-order chi connectivity index (χ1) is 9.83. The third-order valence-electron chi connectivity index (χ3n) is 2.73. The van der Waals surface area contributed by atoms with Crippen molar-refractivity contribution in [2.45, 2.75) is 32.4 Å². The summed E-state index contributed by atoms with van der Waals surface area (Å²) in [7, 11) is 0. The topological polar surface area (TPSA) is 71.0 Å². The summed E-state index contributed by atoms with van der Waals surface area (Å²) in [5, 5.41) is 3.53. The lowest BCUT2D eigenvalue weighted by atomic mass is 10.1. The second-order valence-corrected chi connectivity index (χ2v) is 4.49. The van der Waals surface area contributed by atoms with Crippen LogP contribution in [0.3, 0.4) is 0 Å². The van der Waals surface area contributed by atoms with Gasteiger partial charge in [-0.3, -0.25) is 9.59 Å². The van der Waals surface area contributed by atoms with E-state index in [1.807, 2.05) is 0 Å². The molecule has 1 aliphatic rings. The highest BCUT2D eigenvalue weighted by atomic mass is 19.4. The average Bonchev–Trinajstić information content (AvgIpc) is 2.41. The highest BCUT2D eigenvalue weighted by Crippen LogP contribution is 2.17. The minimum Gasteiger partial charge on any atom is -0.382 e. The molecule has 0 aliphatic carbocycles. The normalized spacial score (nSPS) is 15.4. The number of amides is 2. The molecule has 6 nitrogen and oxygen atoms in total. The van der Waals surface area contributed by atoms with Gasteiger partial charge in [0.15, 0.2) is 0 Å². The van der Waals surface area contributed by atoms with Crippen LogP contribution in [0.5, 0.6) is 0 Å². The Kier molecular flexibility index (Phi) is 6.60. The molecular formula is C12H18F3N3O3. The molecule has 120 valence electrons. The van der Waals surface area contributed by atoms with Gasteiger partial charge in [0.2, 0.25) is 5.91 Å². The number of hydrazone groups is 1. The second-order valence-electron chi connectivity index (χ2n) is 4.49. The molecule has 9 heteroatoms. The van der Waals surface area contributed by atoms with E-state index in [2.05, 4.69) is 10.5 Å². The zero-order valence-electron chi connectivity index (χ0n) is 11.7. The molecule has 0 saturated carbocycles. The monoisotopic (exact) mass is 309 g/mol. The quantitative estimate of drug-likeness (QED) is 0.715. The van der Waals surface area contributed by atoms with Crippen molar-refractivity contribution in [3.63, 3.8) is 0 Å². The molecule has 1 aliphatic heterocycles. The summed E-state index contributed by atoms with van der Waals surface area (Å²) in [4.78, 5) is 23.7. The van der Waals surface area contributed by atoms with Gasteiger partial charge in [0.05, 0.1) is 0 Å². The van der Waals surface area contributed by atoms with E-state index in [1.54, 1.807) is 6.92 Å². The maximum atomic E-state index is 12.5. The van der Waals surface area contributed by atoms with Crippen molar-refractivity contribution in [1.82, 2.24) is 10.3 Å². The van der Waals surface area contributed by atoms with Crippen LogP contribution in [-0.2, 0) is 14.3 Å². The van der Waals surface area contributed by atoms with Crippen molar-refractivity contribution >= 4 is 17.5 Å². The lowest BCUT2D eigenvalue weighted by Crippen LogP contribution is -2.45. The molecule has 0 unspecified atom stereocenters. The van der Waals surface area contributed by atoms with Crippen molar-refractivity contribution < 1.29 is 27.5 Å². The number of nitrogens with one attached hydrogen (secondary N) is 1. The largest absolute Gasteiger partial charge is 0.406 e. The van der Waals surface area contributed by atoms with Gasteiger partial charge < -0.3 is 9.64 Å². The van der Waals surface area contributed by atoms with Crippen LogP contribution >= 0.6 is 0 Å². The van der Waals surface area contributed by atoms with Gasteiger partial charge in [0.1, 0.15) is 12.3 Å². The van der Waals surface area contributed by atoms with Crippen LogP contribution in [-0.4, -0.2) is 54.9 Å². The van der Waals surface area contributed by atoms with Crippen LogP contribution in [0.2, 0.25) is 0 Å². The molecule has 0 atom stereocenters. The van der Waals surface area contributed by atoms with Crippen LogP contribution in [0.4, 0.5) is 13.2 Å². The summed E-state index contributed by atoms with van der Waals surface area (Å²) in [6, 6.07) is 0. The predicted molar refractivity (Wildman–Crippen MR) is 68.6 cm³/mol. The van der Waals surface area contributed by atoms with Crippen molar-refractivity contribution in [3.05, 3.63) is 0 Å². The fourth-order valence-electron chi connectivity index (χ4n) is 1.78. The Bertz CT molecular complexity index is 410. The Labute approximate surface area is 120 Å². The molecule has 0 spiro atoms. The van der Waals surface area contributed by atoms with Gasteiger partial charge in [-0.2, -0.15) is 18.3 Å². The zero-order chi connectivity index (χ0) is 15.9. The van der Waals surface area contributed by atoms with Crippen molar-refractivity contribution in [1.29, 1.82) is 0 Å². The molecule has 0 aromatic rings. The van der Waals surface area contributed by atoms with E-state index >= 15 is 0 Å². The highest BCUT2D eigenvalue weighted by molar-refractivity contribution is 6.39. The average molecular weight is 309 g/mol. The number of carbonyl (C=O) groups is 2. The molecule has 0 radical (unpaired) electrons. The Morgan fingerprint density at radius 1 is 1.43 bits per heavy atom. The maximum absolute atomic E-state index is 12.5. The number of hydrogen-bond donors (Lipinski definition) is 1. The summed E-state index contributed by atoms with van der Waals surface area (Å²) >= 11 is 0. The van der Waals surface area contributed by atoms with Crippen molar-refractivity contribution in [2.24, 2.45) is 5.10 Å². The number of halogens is 3. The lowest BCUT2D eigenvalue weighted by Gasteiger charge is -2.25. The summed E-state index contributed by atoms with van der Waals surface area (Å²) in [6.45, 7) is 1.10. The maximum Gasteiger partial charge on any atom is 0.406 e. The Balaban J connectivity index is 2.65. The highest BCUT2D eigenvalue weighted by Gasteiger charge is 2.34. The van der Waals surface area contributed by atoms with Crippen molar-refractivity contribution in [3.8, 4) is 0 Å². The second kappa shape index (κ2) is 7.96. The first-order valence-corrected chi connectivity index (χ1v) is 6.62. The molecule has 2 amide bonds. The van der Waals surface area contributed by atoms with Crippen LogP contribution in [0.25, 0.3) is 0 Å². The molecular weight excluding hydrogens is 291 g/mol. The molecule has 21 heavy (non-hydrogen) atoms. The fraction of sp³-hybridized carbons (Fsp3) is 0.750. The smallest absolute Gasteiger partial charge is 0.382 e. The molecule has 0 bridgehead atoms. The SMILES string of the molecule is CCOCCCN(CC(F)(F)F)C(=O)C1=NNC(=O)CC1. The third-order valence-corrected chi connectivity index (χ3v) is 2.73. The van der Waals surface area contributed by atoms with Gasteiger partial charge in [0, 0.05) is 32.6 Å². The first kappa shape index (κ1) is 17.4. The number of hydrogen-bond acceptors (Lipinski definition) is 4. The number of rotatable bonds is 7. The van der Waals surface area contributed by atoms with Crippen LogP contribution in [0, 0.1) is 0 Å². The van der Waals surface area contributed by atoms with Crippen LogP contribution in [0.1, 0.15) is 26.2 Å². The van der Waals surface area contributed by atoms with E-state index in [4.69, 9.17) is 4.74 Å². The fourth-order valence-corrected chi connectivity index (χ4v) is 1.78. The van der Waals surface area contributed by atoms with E-state index in [9.17, 15) is 22.8 Å². The van der Waals surface area contributed by atoms with E-state index in [-0.39, 0.29) is 37.6 Å². The summed E-state index contributed by atoms with van der Waals surface area (Å²) in [6.07, 6.45) is -4.09. The van der Waals surface area contributed by atoms with Crippen molar-refractivity contribution in [2.75, 3.05) is 26.3 Å².